The van der Waals surface area contributed by atoms with E-state index in [0.29, 0.717) is 13.2 Å². The zero-order chi connectivity index (χ0) is 11.8. The van der Waals surface area contributed by atoms with Gasteiger partial charge in [0.05, 0.1) is 19.3 Å². The number of halogens is 1. The molecular formula is C13H16ClNO. The number of terminal acetylenes is 1. The second-order valence-corrected chi connectivity index (χ2v) is 4.02. The summed E-state index contributed by atoms with van der Waals surface area (Å²) in [7, 11) is 0. The summed E-state index contributed by atoms with van der Waals surface area (Å²) in [5.41, 5.74) is 1.12. The average Bonchev–Trinajstić information content (AvgIpc) is 2.29. The normalized spacial score (nSPS) is 12.1. The van der Waals surface area contributed by atoms with Gasteiger partial charge in [0.1, 0.15) is 0 Å². The van der Waals surface area contributed by atoms with Crippen LogP contribution in [-0.4, -0.2) is 19.2 Å². The number of rotatable bonds is 6. The maximum absolute atomic E-state index is 5.79. The first-order valence-corrected chi connectivity index (χ1v) is 5.60. The van der Waals surface area contributed by atoms with Gasteiger partial charge in [-0.15, -0.1) is 6.42 Å². The molecule has 86 valence electrons. The predicted molar refractivity (Wildman–Crippen MR) is 67.4 cm³/mol. The van der Waals surface area contributed by atoms with Crippen LogP contribution in [0, 0.1) is 12.3 Å². The Labute approximate surface area is 102 Å². The van der Waals surface area contributed by atoms with Crippen molar-refractivity contribution in [3.8, 4) is 12.3 Å². The summed E-state index contributed by atoms with van der Waals surface area (Å²) in [4.78, 5) is 0. The number of benzene rings is 1. The van der Waals surface area contributed by atoms with Gasteiger partial charge in [-0.25, -0.2) is 0 Å². The molecule has 0 spiro atoms. The molecule has 3 heteroatoms. The summed E-state index contributed by atoms with van der Waals surface area (Å²) in [6, 6.07) is 7.65. The molecule has 1 atom stereocenters. The lowest BCUT2D eigenvalue weighted by Crippen LogP contribution is -2.26. The molecule has 0 aliphatic rings. The van der Waals surface area contributed by atoms with Crippen molar-refractivity contribution < 1.29 is 4.74 Å². The number of hydrogen-bond acceptors (Lipinski definition) is 2. The van der Waals surface area contributed by atoms with Gasteiger partial charge < -0.3 is 10.1 Å². The van der Waals surface area contributed by atoms with E-state index in [-0.39, 0.29) is 6.10 Å². The van der Waals surface area contributed by atoms with Crippen LogP contribution in [-0.2, 0) is 11.3 Å². The molecule has 1 aromatic rings. The van der Waals surface area contributed by atoms with Crippen LogP contribution in [0.4, 0.5) is 0 Å². The minimum Gasteiger partial charge on any atom is -0.373 e. The van der Waals surface area contributed by atoms with Crippen molar-refractivity contribution in [2.24, 2.45) is 0 Å². The molecule has 0 aliphatic heterocycles. The van der Waals surface area contributed by atoms with Crippen LogP contribution in [0.5, 0.6) is 0 Å². The van der Waals surface area contributed by atoms with Gasteiger partial charge in [0.2, 0.25) is 0 Å². The Balaban J connectivity index is 2.23. The topological polar surface area (TPSA) is 21.3 Å². The summed E-state index contributed by atoms with van der Waals surface area (Å²) in [6.07, 6.45) is 5.27. The fourth-order valence-corrected chi connectivity index (χ4v) is 1.35. The number of ether oxygens (including phenoxy) is 1. The highest BCUT2D eigenvalue weighted by Gasteiger charge is 2.01. The Kier molecular flexibility index (Phi) is 5.95. The standard InChI is InChI=1S/C13H16ClNO/c1-3-8-15-9-11(2)16-10-12-4-6-13(14)7-5-12/h1,4-7,11,15H,8-10H2,2H3. The molecule has 16 heavy (non-hydrogen) atoms. The van der Waals surface area contributed by atoms with Crippen LogP contribution in [0.2, 0.25) is 5.02 Å². The highest BCUT2D eigenvalue weighted by molar-refractivity contribution is 6.30. The molecule has 0 saturated carbocycles. The molecule has 0 bridgehead atoms. The summed E-state index contributed by atoms with van der Waals surface area (Å²) in [6.45, 7) is 3.95. The third kappa shape index (κ3) is 5.18. The van der Waals surface area contributed by atoms with Crippen LogP contribution in [0.15, 0.2) is 24.3 Å². The summed E-state index contributed by atoms with van der Waals surface area (Å²) in [5, 5.41) is 3.84. The van der Waals surface area contributed by atoms with Gasteiger partial charge in [0.25, 0.3) is 0 Å². The molecule has 1 N–H and O–H groups in total. The fourth-order valence-electron chi connectivity index (χ4n) is 1.23. The summed E-state index contributed by atoms with van der Waals surface area (Å²) in [5.74, 6) is 2.52. The fraction of sp³-hybridized carbons (Fsp3) is 0.385. The molecule has 2 nitrogen and oxygen atoms in total. The van der Waals surface area contributed by atoms with Crippen molar-refractivity contribution in [3.05, 3.63) is 34.9 Å². The maximum atomic E-state index is 5.79. The Morgan fingerprint density at radius 2 is 2.12 bits per heavy atom. The van der Waals surface area contributed by atoms with Crippen molar-refractivity contribution in [1.29, 1.82) is 0 Å². The van der Waals surface area contributed by atoms with Gasteiger partial charge in [0, 0.05) is 11.6 Å². The van der Waals surface area contributed by atoms with E-state index in [2.05, 4.69) is 11.2 Å². The quantitative estimate of drug-likeness (QED) is 0.606. The Morgan fingerprint density at radius 3 is 2.75 bits per heavy atom. The monoisotopic (exact) mass is 237 g/mol. The first-order valence-electron chi connectivity index (χ1n) is 5.22. The molecule has 0 heterocycles. The second kappa shape index (κ2) is 7.29. The molecule has 0 fully saturated rings. The van der Waals surface area contributed by atoms with E-state index in [0.717, 1.165) is 17.1 Å². The molecule has 0 aromatic heterocycles. The van der Waals surface area contributed by atoms with Crippen LogP contribution in [0.3, 0.4) is 0 Å². The smallest absolute Gasteiger partial charge is 0.0721 e. The van der Waals surface area contributed by atoms with Gasteiger partial charge in [-0.1, -0.05) is 29.7 Å². The molecule has 1 rings (SSSR count). The zero-order valence-corrected chi connectivity index (χ0v) is 10.1. The highest BCUT2D eigenvalue weighted by Crippen LogP contribution is 2.10. The van der Waals surface area contributed by atoms with E-state index >= 15 is 0 Å². The van der Waals surface area contributed by atoms with Crippen LogP contribution >= 0.6 is 11.6 Å². The Bertz CT molecular complexity index is 342. The summed E-state index contributed by atoms with van der Waals surface area (Å²) < 4.78 is 5.64. The summed E-state index contributed by atoms with van der Waals surface area (Å²) >= 11 is 5.79. The SMILES string of the molecule is C#CCNCC(C)OCc1ccc(Cl)cc1. The molecule has 0 aliphatic carbocycles. The third-order valence-electron chi connectivity index (χ3n) is 2.11. The van der Waals surface area contributed by atoms with Crippen molar-refractivity contribution in [2.45, 2.75) is 19.6 Å². The second-order valence-electron chi connectivity index (χ2n) is 3.58. The first kappa shape index (κ1) is 13.1. The van der Waals surface area contributed by atoms with Gasteiger partial charge >= 0.3 is 0 Å². The van der Waals surface area contributed by atoms with Gasteiger partial charge in [-0.2, -0.15) is 0 Å². The molecule has 1 aromatic carbocycles. The van der Waals surface area contributed by atoms with E-state index in [9.17, 15) is 0 Å². The largest absolute Gasteiger partial charge is 0.373 e. The van der Waals surface area contributed by atoms with E-state index in [1.54, 1.807) is 0 Å². The molecular weight excluding hydrogens is 222 g/mol. The predicted octanol–water partition coefficient (Wildman–Crippen LogP) is 2.47. The van der Waals surface area contributed by atoms with E-state index in [4.69, 9.17) is 22.8 Å². The van der Waals surface area contributed by atoms with Crippen molar-refractivity contribution >= 4 is 11.6 Å². The lowest BCUT2D eigenvalue weighted by atomic mass is 10.2. The van der Waals surface area contributed by atoms with E-state index in [1.807, 2.05) is 31.2 Å². The van der Waals surface area contributed by atoms with E-state index in [1.165, 1.54) is 0 Å². The van der Waals surface area contributed by atoms with Crippen LogP contribution < -0.4 is 5.32 Å². The highest BCUT2D eigenvalue weighted by atomic mass is 35.5. The molecule has 0 amide bonds. The Hall–Kier alpha value is -1.01. The third-order valence-corrected chi connectivity index (χ3v) is 2.36. The van der Waals surface area contributed by atoms with Crippen LogP contribution in [0.25, 0.3) is 0 Å². The zero-order valence-electron chi connectivity index (χ0n) is 9.37. The van der Waals surface area contributed by atoms with Crippen LogP contribution in [0.1, 0.15) is 12.5 Å². The number of hydrogen-bond donors (Lipinski definition) is 1. The maximum Gasteiger partial charge on any atom is 0.0721 e. The first-order chi connectivity index (χ1) is 7.72. The lowest BCUT2D eigenvalue weighted by Gasteiger charge is -2.13. The minimum absolute atomic E-state index is 0.143. The average molecular weight is 238 g/mol. The molecule has 0 saturated heterocycles. The van der Waals surface area contributed by atoms with Crippen molar-refractivity contribution in [1.82, 2.24) is 5.32 Å². The van der Waals surface area contributed by atoms with Gasteiger partial charge in [-0.05, 0) is 24.6 Å². The van der Waals surface area contributed by atoms with E-state index < -0.39 is 0 Å². The van der Waals surface area contributed by atoms with Gasteiger partial charge in [0.15, 0.2) is 0 Å². The Morgan fingerprint density at radius 1 is 1.44 bits per heavy atom. The van der Waals surface area contributed by atoms with Gasteiger partial charge in [-0.3, -0.25) is 0 Å². The molecule has 0 radical (unpaired) electrons. The minimum atomic E-state index is 0.143. The number of nitrogens with one attached hydrogen (secondary N) is 1. The van der Waals surface area contributed by atoms with Crippen molar-refractivity contribution in [2.75, 3.05) is 13.1 Å². The van der Waals surface area contributed by atoms with Crippen molar-refractivity contribution in [3.63, 3.8) is 0 Å². The lowest BCUT2D eigenvalue weighted by molar-refractivity contribution is 0.0539. The molecule has 1 unspecified atom stereocenters.